The minimum absolute atomic E-state index is 0.0280. The van der Waals surface area contributed by atoms with Gasteiger partial charge in [0.1, 0.15) is 0 Å². The number of carbonyl (C=O) groups excluding carboxylic acids is 1. The van der Waals surface area contributed by atoms with Gasteiger partial charge in [-0.2, -0.15) is 0 Å². The second-order valence-corrected chi connectivity index (χ2v) is 9.38. The number of ketones is 1. The Kier molecular flexibility index (Phi) is 5.07. The summed E-state index contributed by atoms with van der Waals surface area (Å²) in [6.45, 7) is 3.73. The highest BCUT2D eigenvalue weighted by Crippen LogP contribution is 2.23. The first-order valence-electron chi connectivity index (χ1n) is 8.09. The van der Waals surface area contributed by atoms with Gasteiger partial charge in [-0.05, 0) is 43.2 Å². The molecule has 0 radical (unpaired) electrons. The van der Waals surface area contributed by atoms with Gasteiger partial charge in [0.2, 0.25) is 0 Å². The Hall–Kier alpha value is -2.31. The third-order valence-corrected chi connectivity index (χ3v) is 6.04. The number of benzene rings is 2. The number of aromatic nitrogens is 1. The maximum atomic E-state index is 12.6. The molecule has 1 aromatic heterocycles. The molecule has 0 aliphatic heterocycles. The van der Waals surface area contributed by atoms with Gasteiger partial charge in [-0.25, -0.2) is 13.4 Å². The third-order valence-electron chi connectivity index (χ3n) is 4.16. The molecule has 134 valence electrons. The van der Waals surface area contributed by atoms with E-state index >= 15 is 0 Å². The van der Waals surface area contributed by atoms with Gasteiger partial charge < -0.3 is 0 Å². The Morgan fingerprint density at radius 3 is 2.31 bits per heavy atom. The highest BCUT2D eigenvalue weighted by atomic mass is 32.2. The van der Waals surface area contributed by atoms with Crippen LogP contribution in [0.25, 0.3) is 11.3 Å². The molecule has 0 amide bonds. The van der Waals surface area contributed by atoms with Crippen molar-refractivity contribution in [3.8, 4) is 11.3 Å². The maximum absolute atomic E-state index is 12.6. The van der Waals surface area contributed by atoms with E-state index in [2.05, 4.69) is 4.98 Å². The average molecular weight is 386 g/mol. The van der Waals surface area contributed by atoms with E-state index in [0.717, 1.165) is 28.1 Å². The molecule has 0 fully saturated rings. The molecule has 4 nitrogen and oxygen atoms in total. The summed E-state index contributed by atoms with van der Waals surface area (Å²) < 4.78 is 23.2. The molecular formula is C20H19NO3S2. The van der Waals surface area contributed by atoms with Crippen LogP contribution in [-0.4, -0.2) is 25.4 Å². The van der Waals surface area contributed by atoms with E-state index in [4.69, 9.17) is 0 Å². The first-order chi connectivity index (χ1) is 12.2. The SMILES string of the molecule is Cc1nc(-c2ccc(CC(=O)c3ccc(S(C)(=O)=O)cc3C)cc2)cs1. The lowest BCUT2D eigenvalue weighted by atomic mass is 9.98. The Morgan fingerprint density at radius 1 is 1.08 bits per heavy atom. The maximum Gasteiger partial charge on any atom is 0.175 e. The first kappa shape index (κ1) is 18.5. The van der Waals surface area contributed by atoms with Crippen LogP contribution in [0, 0.1) is 13.8 Å². The number of thiazole rings is 1. The second-order valence-electron chi connectivity index (χ2n) is 6.30. The van der Waals surface area contributed by atoms with Gasteiger partial charge in [-0.1, -0.05) is 24.3 Å². The van der Waals surface area contributed by atoms with Crippen molar-refractivity contribution in [2.24, 2.45) is 0 Å². The van der Waals surface area contributed by atoms with Crippen molar-refractivity contribution in [3.63, 3.8) is 0 Å². The summed E-state index contributed by atoms with van der Waals surface area (Å²) in [5.41, 5.74) is 4.11. The van der Waals surface area contributed by atoms with Gasteiger partial charge in [-0.3, -0.25) is 4.79 Å². The summed E-state index contributed by atoms with van der Waals surface area (Å²) in [7, 11) is -3.27. The Balaban J connectivity index is 1.78. The molecule has 0 aliphatic rings. The lowest BCUT2D eigenvalue weighted by molar-refractivity contribution is 0.0992. The molecule has 0 spiro atoms. The summed E-state index contributed by atoms with van der Waals surface area (Å²) in [5.74, 6) is -0.0280. The number of nitrogens with zero attached hydrogens (tertiary/aromatic N) is 1. The Morgan fingerprint density at radius 2 is 1.77 bits per heavy atom. The monoisotopic (exact) mass is 385 g/mol. The Labute approximate surface area is 157 Å². The number of rotatable bonds is 5. The quantitative estimate of drug-likeness (QED) is 0.616. The van der Waals surface area contributed by atoms with Crippen molar-refractivity contribution < 1.29 is 13.2 Å². The summed E-state index contributed by atoms with van der Waals surface area (Å²) in [5, 5.41) is 3.04. The molecule has 6 heteroatoms. The van der Waals surface area contributed by atoms with Crippen LogP contribution in [-0.2, 0) is 16.3 Å². The van der Waals surface area contributed by atoms with Crippen LogP contribution in [0.4, 0.5) is 0 Å². The molecule has 0 saturated heterocycles. The van der Waals surface area contributed by atoms with Gasteiger partial charge in [0.15, 0.2) is 15.6 Å². The number of carbonyl (C=O) groups is 1. The van der Waals surface area contributed by atoms with Gasteiger partial charge in [0.05, 0.1) is 15.6 Å². The van der Waals surface area contributed by atoms with E-state index in [0.29, 0.717) is 11.1 Å². The molecule has 0 atom stereocenters. The molecule has 0 aliphatic carbocycles. The lowest BCUT2D eigenvalue weighted by Crippen LogP contribution is -2.07. The van der Waals surface area contributed by atoms with Crippen LogP contribution >= 0.6 is 11.3 Å². The third kappa shape index (κ3) is 4.08. The van der Waals surface area contributed by atoms with Crippen molar-refractivity contribution in [2.75, 3.05) is 6.26 Å². The van der Waals surface area contributed by atoms with Crippen molar-refractivity contribution in [3.05, 3.63) is 69.5 Å². The van der Waals surface area contributed by atoms with Crippen LogP contribution in [0.15, 0.2) is 52.7 Å². The number of aryl methyl sites for hydroxylation is 2. The molecule has 3 aromatic rings. The standard InChI is InChI=1S/C20H19NO3S2/c1-13-10-17(26(3,23)24)8-9-18(13)20(22)11-15-4-6-16(7-5-15)19-12-25-14(2)21-19/h4-10,12H,11H2,1-3H3. The second kappa shape index (κ2) is 7.13. The molecule has 26 heavy (non-hydrogen) atoms. The van der Waals surface area contributed by atoms with Crippen molar-refractivity contribution >= 4 is 27.0 Å². The smallest absolute Gasteiger partial charge is 0.175 e. The fraction of sp³-hybridized carbons (Fsp3) is 0.200. The first-order valence-corrected chi connectivity index (χ1v) is 10.9. The van der Waals surface area contributed by atoms with Gasteiger partial charge in [0.25, 0.3) is 0 Å². The fourth-order valence-electron chi connectivity index (χ4n) is 2.75. The molecular weight excluding hydrogens is 366 g/mol. The van der Waals surface area contributed by atoms with E-state index in [-0.39, 0.29) is 17.1 Å². The largest absolute Gasteiger partial charge is 0.294 e. The molecule has 0 bridgehead atoms. The molecule has 0 unspecified atom stereocenters. The zero-order valence-corrected chi connectivity index (χ0v) is 16.4. The summed E-state index contributed by atoms with van der Waals surface area (Å²) in [4.78, 5) is 17.3. The van der Waals surface area contributed by atoms with Crippen molar-refractivity contribution in [1.29, 1.82) is 0 Å². The normalized spacial score (nSPS) is 11.5. The molecule has 0 N–H and O–H groups in total. The molecule has 0 saturated carbocycles. The van der Waals surface area contributed by atoms with Crippen LogP contribution in [0.3, 0.4) is 0 Å². The summed E-state index contributed by atoms with van der Waals surface area (Å²) in [6, 6.07) is 12.4. The van der Waals surface area contributed by atoms with Crippen molar-refractivity contribution in [1.82, 2.24) is 4.98 Å². The number of Topliss-reactive ketones (excluding diaryl/α,β-unsaturated/α-hetero) is 1. The van der Waals surface area contributed by atoms with Crippen LogP contribution < -0.4 is 0 Å². The minimum atomic E-state index is -3.27. The molecule has 2 aromatic carbocycles. The van der Waals surface area contributed by atoms with Crippen molar-refractivity contribution in [2.45, 2.75) is 25.2 Å². The zero-order chi connectivity index (χ0) is 18.9. The van der Waals surface area contributed by atoms with Gasteiger partial charge in [-0.15, -0.1) is 11.3 Å². The Bertz CT molecular complexity index is 1060. The predicted molar refractivity (Wildman–Crippen MR) is 105 cm³/mol. The van der Waals surface area contributed by atoms with Gasteiger partial charge in [0, 0.05) is 29.2 Å². The highest BCUT2D eigenvalue weighted by molar-refractivity contribution is 7.90. The fourth-order valence-corrected chi connectivity index (χ4v) is 4.08. The van der Waals surface area contributed by atoms with Crippen LogP contribution in [0.5, 0.6) is 0 Å². The molecule has 3 rings (SSSR count). The van der Waals surface area contributed by atoms with E-state index in [1.54, 1.807) is 30.4 Å². The average Bonchev–Trinajstić information content (AvgIpc) is 3.01. The number of sulfone groups is 1. The zero-order valence-electron chi connectivity index (χ0n) is 14.8. The van der Waals surface area contributed by atoms with E-state index in [1.807, 2.05) is 36.6 Å². The summed E-state index contributed by atoms with van der Waals surface area (Å²) >= 11 is 1.61. The minimum Gasteiger partial charge on any atom is -0.294 e. The predicted octanol–water partition coefficient (Wildman–Crippen LogP) is 4.26. The summed E-state index contributed by atoms with van der Waals surface area (Å²) in [6.07, 6.45) is 1.43. The number of hydrogen-bond donors (Lipinski definition) is 0. The lowest BCUT2D eigenvalue weighted by Gasteiger charge is -2.08. The topological polar surface area (TPSA) is 64.1 Å². The van der Waals surface area contributed by atoms with Crippen LogP contribution in [0.2, 0.25) is 0 Å². The number of hydrogen-bond acceptors (Lipinski definition) is 5. The van der Waals surface area contributed by atoms with Gasteiger partial charge >= 0.3 is 0 Å². The molecule has 1 heterocycles. The van der Waals surface area contributed by atoms with Crippen LogP contribution in [0.1, 0.15) is 26.5 Å². The van der Waals surface area contributed by atoms with E-state index < -0.39 is 9.84 Å². The van der Waals surface area contributed by atoms with E-state index in [9.17, 15) is 13.2 Å². The highest BCUT2D eigenvalue weighted by Gasteiger charge is 2.14. The van der Waals surface area contributed by atoms with E-state index in [1.165, 1.54) is 6.07 Å².